The van der Waals surface area contributed by atoms with Gasteiger partial charge in [0.05, 0.1) is 13.2 Å². The number of aliphatic hydroxyl groups excluding tert-OH is 1. The Balaban J connectivity index is 1.95. The second-order valence-electron chi connectivity index (χ2n) is 6.71. The Labute approximate surface area is 175 Å². The molecule has 0 aliphatic carbocycles. The van der Waals surface area contributed by atoms with Crippen molar-refractivity contribution >= 4 is 5.96 Å². The molecule has 0 aliphatic heterocycles. The van der Waals surface area contributed by atoms with Gasteiger partial charge < -0.3 is 25.2 Å². The van der Waals surface area contributed by atoms with E-state index in [4.69, 9.17) is 4.74 Å². The molecule has 3 N–H and O–H groups in total. The maximum Gasteiger partial charge on any atom is 0.387 e. The minimum Gasteiger partial charge on any atom is -0.496 e. The van der Waals surface area contributed by atoms with E-state index in [0.717, 1.165) is 11.3 Å². The molecule has 0 saturated carbocycles. The Bertz CT molecular complexity index is 800. The zero-order chi connectivity index (χ0) is 21.9. The van der Waals surface area contributed by atoms with E-state index in [2.05, 4.69) is 27.3 Å². The van der Waals surface area contributed by atoms with Gasteiger partial charge in [-0.25, -0.2) is 0 Å². The first-order valence-electron chi connectivity index (χ1n) is 9.82. The van der Waals surface area contributed by atoms with Gasteiger partial charge in [-0.2, -0.15) is 8.78 Å². The smallest absolute Gasteiger partial charge is 0.387 e. The SMILES string of the molecule is CCNC(=NCC(C)c1ccccc1OC)NCC(O)c1ccc(OC(F)F)cc1. The van der Waals surface area contributed by atoms with Gasteiger partial charge in [0, 0.05) is 25.6 Å². The Hall–Kier alpha value is -2.87. The average Bonchev–Trinajstić information content (AvgIpc) is 2.75. The second-order valence-corrected chi connectivity index (χ2v) is 6.71. The van der Waals surface area contributed by atoms with E-state index in [9.17, 15) is 13.9 Å². The van der Waals surface area contributed by atoms with Gasteiger partial charge in [-0.3, -0.25) is 4.99 Å². The summed E-state index contributed by atoms with van der Waals surface area (Å²) in [5.74, 6) is 1.60. The molecule has 164 valence electrons. The fourth-order valence-electron chi connectivity index (χ4n) is 2.92. The van der Waals surface area contributed by atoms with Crippen molar-refractivity contribution < 1.29 is 23.4 Å². The van der Waals surface area contributed by atoms with Crippen LogP contribution in [0.1, 0.15) is 37.0 Å². The zero-order valence-electron chi connectivity index (χ0n) is 17.4. The van der Waals surface area contributed by atoms with Crippen molar-refractivity contribution in [3.63, 3.8) is 0 Å². The van der Waals surface area contributed by atoms with Gasteiger partial charge in [0.1, 0.15) is 11.5 Å². The van der Waals surface area contributed by atoms with Crippen molar-refractivity contribution in [1.82, 2.24) is 10.6 Å². The number of ether oxygens (including phenoxy) is 2. The number of aliphatic hydroxyl groups is 1. The van der Waals surface area contributed by atoms with E-state index >= 15 is 0 Å². The average molecular weight is 421 g/mol. The lowest BCUT2D eigenvalue weighted by Gasteiger charge is -2.17. The van der Waals surface area contributed by atoms with E-state index in [1.807, 2.05) is 31.2 Å². The zero-order valence-corrected chi connectivity index (χ0v) is 17.4. The normalized spacial score (nSPS) is 13.6. The quantitative estimate of drug-likeness (QED) is 0.403. The molecular weight excluding hydrogens is 392 g/mol. The summed E-state index contributed by atoms with van der Waals surface area (Å²) in [5, 5.41) is 16.6. The van der Waals surface area contributed by atoms with Gasteiger partial charge >= 0.3 is 6.61 Å². The predicted octanol–water partition coefficient (Wildman–Crippen LogP) is 3.69. The molecule has 2 atom stereocenters. The van der Waals surface area contributed by atoms with Crippen molar-refractivity contribution in [2.24, 2.45) is 4.99 Å². The largest absolute Gasteiger partial charge is 0.496 e. The third-order valence-electron chi connectivity index (χ3n) is 4.49. The van der Waals surface area contributed by atoms with Crippen LogP contribution in [0.15, 0.2) is 53.5 Å². The predicted molar refractivity (Wildman–Crippen MR) is 113 cm³/mol. The van der Waals surface area contributed by atoms with Crippen LogP contribution in [0.4, 0.5) is 8.78 Å². The first kappa shape index (κ1) is 23.4. The number of hydrogen-bond acceptors (Lipinski definition) is 4. The van der Waals surface area contributed by atoms with Crippen LogP contribution >= 0.6 is 0 Å². The molecule has 0 aromatic heterocycles. The highest BCUT2D eigenvalue weighted by atomic mass is 19.3. The van der Waals surface area contributed by atoms with Gasteiger partial charge in [-0.1, -0.05) is 37.3 Å². The van der Waals surface area contributed by atoms with Crippen LogP contribution in [0.2, 0.25) is 0 Å². The fourth-order valence-corrected chi connectivity index (χ4v) is 2.92. The minimum absolute atomic E-state index is 0.0501. The number of methoxy groups -OCH3 is 1. The topological polar surface area (TPSA) is 75.1 Å². The summed E-state index contributed by atoms with van der Waals surface area (Å²) < 4.78 is 34.2. The molecule has 0 aliphatic rings. The lowest BCUT2D eigenvalue weighted by Crippen LogP contribution is -2.39. The number of aliphatic imine (C=N–C) groups is 1. The van der Waals surface area contributed by atoms with Crippen molar-refractivity contribution in [1.29, 1.82) is 0 Å². The van der Waals surface area contributed by atoms with Gasteiger partial charge in [0.15, 0.2) is 5.96 Å². The van der Waals surface area contributed by atoms with Crippen LogP contribution in [0.5, 0.6) is 11.5 Å². The number of guanidine groups is 1. The summed E-state index contributed by atoms with van der Waals surface area (Å²) in [6.07, 6.45) is -0.832. The van der Waals surface area contributed by atoms with Gasteiger partial charge in [0.2, 0.25) is 0 Å². The van der Waals surface area contributed by atoms with Crippen LogP contribution < -0.4 is 20.1 Å². The van der Waals surface area contributed by atoms with Crippen molar-refractivity contribution in [2.75, 3.05) is 26.7 Å². The maximum absolute atomic E-state index is 12.2. The summed E-state index contributed by atoms with van der Waals surface area (Å²) in [6.45, 7) is 2.57. The Morgan fingerprint density at radius 3 is 2.43 bits per heavy atom. The van der Waals surface area contributed by atoms with E-state index in [0.29, 0.717) is 24.6 Å². The monoisotopic (exact) mass is 421 g/mol. The second kappa shape index (κ2) is 12.0. The molecule has 0 heterocycles. The molecule has 0 spiro atoms. The first-order valence-corrected chi connectivity index (χ1v) is 9.82. The number of para-hydroxylation sites is 1. The molecule has 0 saturated heterocycles. The Morgan fingerprint density at radius 1 is 1.10 bits per heavy atom. The lowest BCUT2D eigenvalue weighted by molar-refractivity contribution is -0.0498. The molecule has 0 fully saturated rings. The molecule has 6 nitrogen and oxygen atoms in total. The molecule has 8 heteroatoms. The molecule has 2 aromatic carbocycles. The lowest BCUT2D eigenvalue weighted by atomic mass is 10.0. The molecule has 30 heavy (non-hydrogen) atoms. The van der Waals surface area contributed by atoms with Crippen molar-refractivity contribution in [3.8, 4) is 11.5 Å². The van der Waals surface area contributed by atoms with Gasteiger partial charge in [-0.05, 0) is 36.2 Å². The molecular formula is C22H29F2N3O3. The number of hydrogen-bond donors (Lipinski definition) is 3. The van der Waals surface area contributed by atoms with Crippen molar-refractivity contribution in [3.05, 3.63) is 59.7 Å². The molecule has 2 unspecified atom stereocenters. The maximum atomic E-state index is 12.2. The molecule has 0 amide bonds. The van der Waals surface area contributed by atoms with Gasteiger partial charge in [-0.15, -0.1) is 0 Å². The van der Waals surface area contributed by atoms with E-state index in [-0.39, 0.29) is 18.2 Å². The minimum atomic E-state index is -2.88. The summed E-state index contributed by atoms with van der Waals surface area (Å²) in [5.41, 5.74) is 1.66. The number of alkyl halides is 2. The Kier molecular flexibility index (Phi) is 9.34. The van der Waals surface area contributed by atoms with E-state index < -0.39 is 12.7 Å². The number of nitrogens with one attached hydrogen (secondary N) is 2. The van der Waals surface area contributed by atoms with E-state index in [1.165, 1.54) is 12.1 Å². The first-order chi connectivity index (χ1) is 14.4. The summed E-state index contributed by atoms with van der Waals surface area (Å²) in [4.78, 5) is 4.60. The van der Waals surface area contributed by atoms with Crippen molar-refractivity contribution in [2.45, 2.75) is 32.5 Å². The number of halogens is 2. The van der Waals surface area contributed by atoms with Gasteiger partial charge in [0.25, 0.3) is 0 Å². The molecule has 2 rings (SSSR count). The van der Waals surface area contributed by atoms with E-state index in [1.54, 1.807) is 19.2 Å². The highest BCUT2D eigenvalue weighted by Crippen LogP contribution is 2.26. The fraction of sp³-hybridized carbons (Fsp3) is 0.409. The highest BCUT2D eigenvalue weighted by Gasteiger charge is 2.13. The third kappa shape index (κ3) is 7.18. The van der Waals surface area contributed by atoms with Crippen LogP contribution in [0, 0.1) is 0 Å². The molecule has 0 bridgehead atoms. The Morgan fingerprint density at radius 2 is 1.80 bits per heavy atom. The molecule has 0 radical (unpaired) electrons. The van der Waals surface area contributed by atoms with Crippen LogP contribution in [0.25, 0.3) is 0 Å². The highest BCUT2D eigenvalue weighted by molar-refractivity contribution is 5.79. The number of nitrogens with zero attached hydrogens (tertiary/aromatic N) is 1. The summed E-state index contributed by atoms with van der Waals surface area (Å²) in [7, 11) is 1.65. The molecule has 2 aromatic rings. The number of benzene rings is 2. The van der Waals surface area contributed by atoms with Crippen LogP contribution in [0.3, 0.4) is 0 Å². The third-order valence-corrected chi connectivity index (χ3v) is 4.49. The number of rotatable bonds is 10. The van der Waals surface area contributed by atoms with Crippen LogP contribution in [-0.4, -0.2) is 44.4 Å². The summed E-state index contributed by atoms with van der Waals surface area (Å²) >= 11 is 0. The summed E-state index contributed by atoms with van der Waals surface area (Å²) in [6, 6.07) is 13.7. The standard InChI is InChI=1S/C22H29F2N3O3/c1-4-25-22(26-13-15(2)18-7-5-6-8-20(18)29-3)27-14-19(28)16-9-11-17(12-10-16)30-21(23)24/h5-12,15,19,21,28H,4,13-14H2,1-3H3,(H2,25,26,27). The van der Waals surface area contributed by atoms with Crippen LogP contribution in [-0.2, 0) is 0 Å².